The van der Waals surface area contributed by atoms with Crippen molar-refractivity contribution in [2.24, 2.45) is 0 Å². The Kier molecular flexibility index (Phi) is 28.7. The molecule has 0 amide bonds. The summed E-state index contributed by atoms with van der Waals surface area (Å²) in [6.45, 7) is 4.52. The van der Waals surface area contributed by atoms with Crippen LogP contribution in [0.2, 0.25) is 0 Å². The van der Waals surface area contributed by atoms with Gasteiger partial charge in [-0.3, -0.25) is 9.59 Å². The average molecular weight is 525 g/mol. The van der Waals surface area contributed by atoms with Gasteiger partial charge < -0.3 is 9.84 Å². The van der Waals surface area contributed by atoms with E-state index in [1.165, 1.54) is 103 Å². The third-order valence-corrected chi connectivity index (χ3v) is 7.58. The van der Waals surface area contributed by atoms with E-state index >= 15 is 0 Å². The Morgan fingerprint density at radius 1 is 0.486 bits per heavy atom. The summed E-state index contributed by atoms with van der Waals surface area (Å²) in [6, 6.07) is 0. The molecule has 0 heterocycles. The zero-order valence-corrected chi connectivity index (χ0v) is 25.0. The fourth-order valence-electron chi connectivity index (χ4n) is 5.13. The number of hydrogen-bond donors (Lipinski definition) is 1. The molecule has 0 radical (unpaired) electrons. The highest BCUT2D eigenvalue weighted by Gasteiger charge is 2.14. The van der Waals surface area contributed by atoms with Gasteiger partial charge in [-0.15, -0.1) is 0 Å². The number of rotatable bonds is 30. The van der Waals surface area contributed by atoms with Crippen LogP contribution in [0.25, 0.3) is 0 Å². The van der Waals surface area contributed by atoms with Crippen molar-refractivity contribution < 1.29 is 19.4 Å². The highest BCUT2D eigenvalue weighted by atomic mass is 16.5. The molecule has 220 valence electrons. The van der Waals surface area contributed by atoms with E-state index in [0.717, 1.165) is 64.2 Å². The lowest BCUT2D eigenvalue weighted by atomic mass is 10.0. The van der Waals surface area contributed by atoms with E-state index in [1.54, 1.807) is 0 Å². The molecule has 0 aromatic heterocycles. The fraction of sp³-hybridized carbons (Fsp3) is 0.939. The largest absolute Gasteiger partial charge is 0.481 e. The molecular weight excluding hydrogens is 460 g/mol. The Morgan fingerprint density at radius 2 is 0.811 bits per heavy atom. The van der Waals surface area contributed by atoms with Gasteiger partial charge in [-0.2, -0.15) is 0 Å². The fourth-order valence-corrected chi connectivity index (χ4v) is 5.13. The van der Waals surface area contributed by atoms with Crippen molar-refractivity contribution >= 4 is 11.9 Å². The summed E-state index contributed by atoms with van der Waals surface area (Å²) in [5, 5.41) is 8.75. The first-order chi connectivity index (χ1) is 18.1. The molecular formula is C33H64O4. The Balaban J connectivity index is 3.90. The van der Waals surface area contributed by atoms with Crippen molar-refractivity contribution in [3.05, 3.63) is 0 Å². The van der Waals surface area contributed by atoms with Gasteiger partial charge in [-0.1, -0.05) is 142 Å². The summed E-state index contributed by atoms with van der Waals surface area (Å²) in [5.41, 5.74) is 0. The number of ether oxygens (including phenoxy) is 1. The van der Waals surface area contributed by atoms with Gasteiger partial charge in [0.25, 0.3) is 0 Å². The molecule has 1 unspecified atom stereocenters. The van der Waals surface area contributed by atoms with E-state index in [1.807, 2.05) is 0 Å². The minimum atomic E-state index is -0.700. The lowest BCUT2D eigenvalue weighted by Gasteiger charge is -2.18. The number of hydrogen-bond acceptors (Lipinski definition) is 3. The molecule has 0 saturated carbocycles. The number of unbranched alkanes of at least 4 members (excludes halogenated alkanes) is 21. The van der Waals surface area contributed by atoms with Crippen LogP contribution in [0.4, 0.5) is 0 Å². The smallest absolute Gasteiger partial charge is 0.306 e. The summed E-state index contributed by atoms with van der Waals surface area (Å²) in [7, 11) is 0. The van der Waals surface area contributed by atoms with Gasteiger partial charge in [-0.05, 0) is 38.5 Å². The van der Waals surface area contributed by atoms with Crippen molar-refractivity contribution in [3.8, 4) is 0 Å². The lowest BCUT2D eigenvalue weighted by molar-refractivity contribution is -0.150. The van der Waals surface area contributed by atoms with E-state index in [0.29, 0.717) is 6.42 Å². The van der Waals surface area contributed by atoms with Crippen molar-refractivity contribution in [1.82, 2.24) is 0 Å². The Bertz CT molecular complexity index is 491. The standard InChI is InChI=1S/C33H64O4/c1-3-5-7-9-11-12-13-14-15-16-17-22-26-30-33(36)37-31(27-23-19-10-8-6-4-2)28-24-20-18-21-25-29-32(34)35/h31H,3-30H2,1-2H3,(H,34,35). The summed E-state index contributed by atoms with van der Waals surface area (Å²) >= 11 is 0. The highest BCUT2D eigenvalue weighted by molar-refractivity contribution is 5.69. The first-order valence-corrected chi connectivity index (χ1v) is 16.5. The van der Waals surface area contributed by atoms with Crippen LogP contribution in [0.3, 0.4) is 0 Å². The van der Waals surface area contributed by atoms with E-state index in [9.17, 15) is 9.59 Å². The summed E-state index contributed by atoms with van der Waals surface area (Å²) in [5.74, 6) is -0.699. The maximum absolute atomic E-state index is 12.5. The number of carbonyl (C=O) groups is 2. The molecule has 0 spiro atoms. The Morgan fingerprint density at radius 3 is 1.19 bits per heavy atom. The van der Waals surface area contributed by atoms with E-state index in [2.05, 4.69) is 13.8 Å². The topological polar surface area (TPSA) is 63.6 Å². The second-order valence-electron chi connectivity index (χ2n) is 11.4. The van der Waals surface area contributed by atoms with Gasteiger partial charge in [-0.25, -0.2) is 0 Å². The van der Waals surface area contributed by atoms with Gasteiger partial charge >= 0.3 is 11.9 Å². The van der Waals surface area contributed by atoms with Gasteiger partial charge in [0.05, 0.1) is 0 Å². The van der Waals surface area contributed by atoms with Crippen LogP contribution in [0.5, 0.6) is 0 Å². The number of aliphatic carboxylic acids is 1. The van der Waals surface area contributed by atoms with E-state index in [4.69, 9.17) is 9.84 Å². The number of esters is 1. The molecule has 4 heteroatoms. The third-order valence-electron chi connectivity index (χ3n) is 7.58. The molecule has 4 nitrogen and oxygen atoms in total. The second kappa shape index (κ2) is 29.5. The Hall–Kier alpha value is -1.06. The molecule has 0 aromatic carbocycles. The maximum atomic E-state index is 12.5. The monoisotopic (exact) mass is 524 g/mol. The van der Waals surface area contributed by atoms with Crippen LogP contribution in [0.15, 0.2) is 0 Å². The van der Waals surface area contributed by atoms with Crippen LogP contribution in [-0.4, -0.2) is 23.1 Å². The molecule has 0 aliphatic rings. The minimum absolute atomic E-state index is 0.000476. The average Bonchev–Trinajstić information content (AvgIpc) is 2.87. The molecule has 1 N–H and O–H groups in total. The highest BCUT2D eigenvalue weighted by Crippen LogP contribution is 2.18. The van der Waals surface area contributed by atoms with E-state index in [-0.39, 0.29) is 18.5 Å². The van der Waals surface area contributed by atoms with Crippen LogP contribution < -0.4 is 0 Å². The molecule has 0 fully saturated rings. The molecule has 0 aliphatic carbocycles. The van der Waals surface area contributed by atoms with Crippen molar-refractivity contribution in [3.63, 3.8) is 0 Å². The van der Waals surface area contributed by atoms with Crippen LogP contribution in [0, 0.1) is 0 Å². The molecule has 0 aromatic rings. The predicted octanol–water partition coefficient (Wildman–Crippen LogP) is 10.9. The minimum Gasteiger partial charge on any atom is -0.481 e. The molecule has 0 aliphatic heterocycles. The number of carboxylic acids is 1. The molecule has 0 bridgehead atoms. The zero-order chi connectivity index (χ0) is 27.2. The summed E-state index contributed by atoms with van der Waals surface area (Å²) in [4.78, 5) is 23.1. The van der Waals surface area contributed by atoms with E-state index < -0.39 is 5.97 Å². The first-order valence-electron chi connectivity index (χ1n) is 16.5. The summed E-state index contributed by atoms with van der Waals surface area (Å²) < 4.78 is 5.93. The van der Waals surface area contributed by atoms with Crippen LogP contribution >= 0.6 is 0 Å². The SMILES string of the molecule is CCCCCCCCCCCCCCCC(=O)OC(CCCCCCCC)CCCCCCCC(=O)O. The van der Waals surface area contributed by atoms with Crippen molar-refractivity contribution in [2.75, 3.05) is 0 Å². The number of carboxylic acid groups (broad SMARTS) is 1. The first kappa shape index (κ1) is 35.9. The van der Waals surface area contributed by atoms with Gasteiger partial charge in [0.15, 0.2) is 0 Å². The van der Waals surface area contributed by atoms with Crippen LogP contribution in [0.1, 0.15) is 194 Å². The van der Waals surface area contributed by atoms with Crippen molar-refractivity contribution in [1.29, 1.82) is 0 Å². The predicted molar refractivity (Wildman–Crippen MR) is 158 cm³/mol. The zero-order valence-electron chi connectivity index (χ0n) is 25.0. The maximum Gasteiger partial charge on any atom is 0.306 e. The molecule has 1 atom stereocenters. The van der Waals surface area contributed by atoms with Crippen molar-refractivity contribution in [2.45, 2.75) is 200 Å². The molecule has 0 saturated heterocycles. The van der Waals surface area contributed by atoms with Gasteiger partial charge in [0.2, 0.25) is 0 Å². The molecule has 37 heavy (non-hydrogen) atoms. The third kappa shape index (κ3) is 29.4. The number of carbonyl (C=O) groups excluding carboxylic acids is 1. The molecule has 0 rings (SSSR count). The quantitative estimate of drug-likeness (QED) is 0.0749. The normalized spacial score (nSPS) is 12.1. The lowest BCUT2D eigenvalue weighted by Crippen LogP contribution is -2.18. The van der Waals surface area contributed by atoms with Crippen LogP contribution in [-0.2, 0) is 14.3 Å². The Labute approximate surface area is 231 Å². The van der Waals surface area contributed by atoms with Gasteiger partial charge in [0.1, 0.15) is 6.10 Å². The second-order valence-corrected chi connectivity index (χ2v) is 11.4. The summed E-state index contributed by atoms with van der Waals surface area (Å²) in [6.07, 6.45) is 32.6. The van der Waals surface area contributed by atoms with Gasteiger partial charge in [0, 0.05) is 12.8 Å².